The monoisotopic (exact) mass is 450 g/mol. The zero-order valence-corrected chi connectivity index (χ0v) is 19.1. The van der Waals surface area contributed by atoms with Crippen molar-refractivity contribution in [2.45, 2.75) is 20.4 Å². The van der Waals surface area contributed by atoms with Gasteiger partial charge >= 0.3 is 0 Å². The van der Waals surface area contributed by atoms with E-state index in [9.17, 15) is 4.79 Å². The number of hydrogen-bond acceptors (Lipinski definition) is 4. The maximum atomic E-state index is 13.4. The molecule has 0 saturated carbocycles. The number of methoxy groups -OCH3 is 1. The van der Waals surface area contributed by atoms with Crippen molar-refractivity contribution in [2.75, 3.05) is 26.7 Å². The highest BCUT2D eigenvalue weighted by Gasteiger charge is 2.18. The first-order chi connectivity index (χ1) is 13.6. The number of hydrogen-bond donors (Lipinski definition) is 0. The predicted octanol–water partition coefficient (Wildman–Crippen LogP) is 5.80. The van der Waals surface area contributed by atoms with Gasteiger partial charge in [-0.15, -0.1) is 23.7 Å². The average Bonchev–Trinajstić information content (AvgIpc) is 3.01. The van der Waals surface area contributed by atoms with Crippen molar-refractivity contribution in [1.82, 2.24) is 9.47 Å². The van der Waals surface area contributed by atoms with Crippen LogP contribution in [0.1, 0.15) is 13.8 Å². The van der Waals surface area contributed by atoms with Crippen LogP contribution in [-0.4, -0.2) is 36.2 Å². The van der Waals surface area contributed by atoms with E-state index in [1.54, 1.807) is 18.4 Å². The first-order valence-corrected chi connectivity index (χ1v) is 10.7. The van der Waals surface area contributed by atoms with Crippen molar-refractivity contribution in [3.8, 4) is 5.75 Å². The van der Waals surface area contributed by atoms with Gasteiger partial charge in [0.25, 0.3) is 0 Å². The van der Waals surface area contributed by atoms with E-state index in [1.807, 2.05) is 36.4 Å². The van der Waals surface area contributed by atoms with Crippen LogP contribution >= 0.6 is 35.3 Å². The summed E-state index contributed by atoms with van der Waals surface area (Å²) in [6, 6.07) is 11.5. The summed E-state index contributed by atoms with van der Waals surface area (Å²) in [6.07, 6.45) is 0. The summed E-state index contributed by atoms with van der Waals surface area (Å²) in [6.45, 7) is 7.99. The van der Waals surface area contributed by atoms with Gasteiger partial charge in [0.15, 0.2) is 0 Å². The Bertz CT molecular complexity index is 1230. The molecule has 0 aliphatic rings. The highest BCUT2D eigenvalue weighted by Crippen LogP contribution is 2.36. The molecule has 29 heavy (non-hydrogen) atoms. The second kappa shape index (κ2) is 8.92. The van der Waals surface area contributed by atoms with Gasteiger partial charge in [-0.25, -0.2) is 0 Å². The Morgan fingerprint density at radius 3 is 2.55 bits per heavy atom. The van der Waals surface area contributed by atoms with Crippen LogP contribution in [0, 0.1) is 0 Å². The van der Waals surface area contributed by atoms with E-state index in [0.717, 1.165) is 63.1 Å². The SMILES string of the molecule is CCN(CC)CCn1c2ccc(Cl)cc2c2sc3cc(OC)ccc3c(=O)c21.Cl. The molecule has 4 aromatic rings. The Morgan fingerprint density at radius 1 is 1.10 bits per heavy atom. The summed E-state index contributed by atoms with van der Waals surface area (Å²) in [5, 5.41) is 2.45. The van der Waals surface area contributed by atoms with Gasteiger partial charge in [-0.05, 0) is 49.5 Å². The van der Waals surface area contributed by atoms with Crippen LogP contribution in [0.4, 0.5) is 0 Å². The molecule has 0 unspecified atom stereocenters. The van der Waals surface area contributed by atoms with Crippen molar-refractivity contribution < 1.29 is 4.74 Å². The molecule has 0 radical (unpaired) electrons. The molecule has 4 nitrogen and oxygen atoms in total. The number of nitrogens with zero attached hydrogens (tertiary/aromatic N) is 2. The molecule has 2 heterocycles. The molecule has 0 saturated heterocycles. The van der Waals surface area contributed by atoms with Gasteiger partial charge in [-0.3, -0.25) is 4.79 Å². The van der Waals surface area contributed by atoms with Gasteiger partial charge in [0.1, 0.15) is 11.3 Å². The third-order valence-electron chi connectivity index (χ3n) is 5.37. The number of fused-ring (bicyclic) bond motifs is 4. The molecule has 0 N–H and O–H groups in total. The molecule has 0 aliphatic carbocycles. The van der Waals surface area contributed by atoms with E-state index in [4.69, 9.17) is 16.3 Å². The minimum Gasteiger partial charge on any atom is -0.497 e. The van der Waals surface area contributed by atoms with Crippen LogP contribution in [0.25, 0.3) is 31.2 Å². The lowest BCUT2D eigenvalue weighted by molar-refractivity contribution is 0.293. The molecule has 0 aliphatic heterocycles. The van der Waals surface area contributed by atoms with E-state index in [1.165, 1.54) is 0 Å². The normalized spacial score (nSPS) is 11.5. The molecule has 0 bridgehead atoms. The summed E-state index contributed by atoms with van der Waals surface area (Å²) < 4.78 is 9.44. The molecule has 2 aromatic carbocycles. The van der Waals surface area contributed by atoms with Gasteiger partial charge in [0, 0.05) is 33.6 Å². The standard InChI is InChI=1S/C22H23ClN2O2S.ClH/c1-4-24(5-2)10-11-25-18-9-6-14(23)12-17(18)22-20(25)21(26)16-8-7-15(27-3)13-19(16)28-22;/h6-9,12-13H,4-5,10-11H2,1-3H3;1H. The zero-order chi connectivity index (χ0) is 19.8. The number of aromatic nitrogens is 1. The fraction of sp³-hybridized carbons (Fsp3) is 0.318. The van der Waals surface area contributed by atoms with Crippen LogP contribution in [0.2, 0.25) is 5.02 Å². The second-order valence-corrected chi connectivity index (χ2v) is 8.30. The molecule has 4 rings (SSSR count). The Morgan fingerprint density at radius 2 is 1.86 bits per heavy atom. The summed E-state index contributed by atoms with van der Waals surface area (Å²) in [7, 11) is 1.64. The molecule has 0 amide bonds. The minimum atomic E-state index is 0. The Hall–Kier alpha value is -1.79. The summed E-state index contributed by atoms with van der Waals surface area (Å²) in [5.41, 5.74) is 1.90. The van der Waals surface area contributed by atoms with Crippen molar-refractivity contribution >= 4 is 66.6 Å². The smallest absolute Gasteiger partial charge is 0.212 e. The quantitative estimate of drug-likeness (QED) is 0.372. The average molecular weight is 451 g/mol. The van der Waals surface area contributed by atoms with E-state index < -0.39 is 0 Å². The lowest BCUT2D eigenvalue weighted by atomic mass is 10.2. The summed E-state index contributed by atoms with van der Waals surface area (Å²) >= 11 is 7.92. The number of benzene rings is 2. The minimum absolute atomic E-state index is 0. The van der Waals surface area contributed by atoms with Gasteiger partial charge in [-0.2, -0.15) is 0 Å². The van der Waals surface area contributed by atoms with E-state index in [0.29, 0.717) is 5.02 Å². The highest BCUT2D eigenvalue weighted by atomic mass is 35.5. The maximum absolute atomic E-state index is 13.4. The fourth-order valence-electron chi connectivity index (χ4n) is 3.78. The summed E-state index contributed by atoms with van der Waals surface area (Å²) in [4.78, 5) is 15.8. The first kappa shape index (κ1) is 21.9. The first-order valence-electron chi connectivity index (χ1n) is 9.52. The van der Waals surface area contributed by atoms with Crippen LogP contribution in [0.3, 0.4) is 0 Å². The molecule has 0 atom stereocenters. The van der Waals surface area contributed by atoms with Gasteiger partial charge in [0.2, 0.25) is 5.43 Å². The largest absolute Gasteiger partial charge is 0.497 e. The maximum Gasteiger partial charge on any atom is 0.212 e. The van der Waals surface area contributed by atoms with Crippen LogP contribution in [-0.2, 0) is 6.54 Å². The number of halogens is 2. The van der Waals surface area contributed by atoms with Gasteiger partial charge < -0.3 is 14.2 Å². The Kier molecular flexibility index (Phi) is 6.74. The zero-order valence-electron chi connectivity index (χ0n) is 16.7. The number of likely N-dealkylation sites (N-methyl/N-ethyl adjacent to an activating group) is 1. The van der Waals surface area contributed by atoms with Crippen LogP contribution in [0.5, 0.6) is 5.75 Å². The molecule has 0 spiro atoms. The lowest BCUT2D eigenvalue weighted by Crippen LogP contribution is -2.27. The van der Waals surface area contributed by atoms with Crippen LogP contribution < -0.4 is 10.2 Å². The highest BCUT2D eigenvalue weighted by molar-refractivity contribution is 7.25. The van der Waals surface area contributed by atoms with E-state index >= 15 is 0 Å². The van der Waals surface area contributed by atoms with Crippen molar-refractivity contribution in [1.29, 1.82) is 0 Å². The van der Waals surface area contributed by atoms with Gasteiger partial charge in [0.05, 0.1) is 17.3 Å². The topological polar surface area (TPSA) is 34.5 Å². The second-order valence-electron chi connectivity index (χ2n) is 6.81. The van der Waals surface area contributed by atoms with Crippen molar-refractivity contribution in [3.63, 3.8) is 0 Å². The summed E-state index contributed by atoms with van der Waals surface area (Å²) in [5.74, 6) is 0.755. The molecule has 7 heteroatoms. The molecule has 154 valence electrons. The fourth-order valence-corrected chi connectivity index (χ4v) is 5.19. The Labute approximate surface area is 185 Å². The van der Waals surface area contributed by atoms with Crippen molar-refractivity contribution in [2.24, 2.45) is 0 Å². The molecular weight excluding hydrogens is 427 g/mol. The molecule has 0 fully saturated rings. The van der Waals surface area contributed by atoms with Crippen LogP contribution in [0.15, 0.2) is 41.2 Å². The van der Waals surface area contributed by atoms with Gasteiger partial charge in [-0.1, -0.05) is 25.4 Å². The predicted molar refractivity (Wildman–Crippen MR) is 128 cm³/mol. The Balaban J connectivity index is 0.00000240. The molecule has 2 aromatic heterocycles. The van der Waals surface area contributed by atoms with E-state index in [-0.39, 0.29) is 17.8 Å². The number of rotatable bonds is 6. The van der Waals surface area contributed by atoms with Crippen molar-refractivity contribution in [3.05, 3.63) is 51.6 Å². The third-order valence-corrected chi connectivity index (χ3v) is 6.78. The lowest BCUT2D eigenvalue weighted by Gasteiger charge is -2.19. The third kappa shape index (κ3) is 3.84. The molecular formula is C22H24Cl2N2O2S. The number of ether oxygens (including phenoxy) is 1. The van der Waals surface area contributed by atoms with E-state index in [2.05, 4.69) is 23.3 Å².